The number of ether oxygens (including phenoxy) is 4. The van der Waals surface area contributed by atoms with E-state index < -0.39 is 30.2 Å². The van der Waals surface area contributed by atoms with Gasteiger partial charge in [0, 0.05) is 5.56 Å². The maximum absolute atomic E-state index is 12.5. The average molecular weight is 423 g/mol. The van der Waals surface area contributed by atoms with Gasteiger partial charge in [-0.05, 0) is 25.8 Å². The summed E-state index contributed by atoms with van der Waals surface area (Å²) in [4.78, 5) is 17.5. The van der Waals surface area contributed by atoms with Crippen molar-refractivity contribution in [2.75, 3.05) is 0 Å². The molecule has 2 saturated heterocycles. The van der Waals surface area contributed by atoms with E-state index >= 15 is 0 Å². The lowest BCUT2D eigenvalue weighted by Gasteiger charge is -2.27. The highest BCUT2D eigenvalue weighted by Crippen LogP contribution is 2.41. The van der Waals surface area contributed by atoms with E-state index in [0.29, 0.717) is 18.7 Å². The van der Waals surface area contributed by atoms with Gasteiger partial charge < -0.3 is 23.8 Å². The van der Waals surface area contributed by atoms with Gasteiger partial charge in [-0.15, -0.1) is 0 Å². The molecule has 0 amide bonds. The van der Waals surface area contributed by atoms with E-state index in [4.69, 9.17) is 23.8 Å². The van der Waals surface area contributed by atoms with Crippen LogP contribution < -0.4 is 0 Å². The standard InChI is InChI=1S/C24H25NO6/c1-24(2)29-21-20(27-14-15-9-5-3-6-10-15)18(28-23(21)30-24)13-17-19(25-31-22(17)26)16-11-7-4-8-12-16/h3-12,17-18,20-21,23H,13-14H2,1-2H3/t17?,18-,20+,21-,23-/m1/s1. The van der Waals surface area contributed by atoms with Gasteiger partial charge in [0.2, 0.25) is 0 Å². The van der Waals surface area contributed by atoms with Gasteiger partial charge in [-0.3, -0.25) is 0 Å². The van der Waals surface area contributed by atoms with Crippen LogP contribution in [0.1, 0.15) is 31.4 Å². The zero-order valence-corrected chi connectivity index (χ0v) is 17.5. The van der Waals surface area contributed by atoms with E-state index in [1.807, 2.05) is 74.5 Å². The van der Waals surface area contributed by atoms with E-state index in [2.05, 4.69) is 5.16 Å². The highest BCUT2D eigenvalue weighted by atomic mass is 16.8. The van der Waals surface area contributed by atoms with Gasteiger partial charge in [0.05, 0.1) is 12.7 Å². The molecule has 3 heterocycles. The minimum Gasteiger partial charge on any atom is -0.368 e. The molecule has 2 fully saturated rings. The number of hydrogen-bond donors (Lipinski definition) is 0. The molecule has 0 spiro atoms. The highest BCUT2D eigenvalue weighted by molar-refractivity contribution is 6.14. The summed E-state index contributed by atoms with van der Waals surface area (Å²) >= 11 is 0. The summed E-state index contributed by atoms with van der Waals surface area (Å²) in [7, 11) is 0. The molecule has 7 nitrogen and oxygen atoms in total. The van der Waals surface area contributed by atoms with Crippen LogP contribution in [-0.2, 0) is 35.2 Å². The number of oxime groups is 1. The fraction of sp³-hybridized carbons (Fsp3) is 0.417. The molecule has 162 valence electrons. The van der Waals surface area contributed by atoms with E-state index in [0.717, 1.165) is 11.1 Å². The molecule has 0 radical (unpaired) electrons. The van der Waals surface area contributed by atoms with Crippen molar-refractivity contribution in [2.45, 2.75) is 57.3 Å². The molecule has 0 aromatic heterocycles. The van der Waals surface area contributed by atoms with Crippen molar-refractivity contribution >= 4 is 11.7 Å². The zero-order valence-electron chi connectivity index (χ0n) is 17.5. The van der Waals surface area contributed by atoms with Crippen molar-refractivity contribution in [3.63, 3.8) is 0 Å². The van der Waals surface area contributed by atoms with E-state index in [1.165, 1.54) is 0 Å². The highest BCUT2D eigenvalue weighted by Gasteiger charge is 2.56. The summed E-state index contributed by atoms with van der Waals surface area (Å²) in [6, 6.07) is 19.5. The van der Waals surface area contributed by atoms with E-state index in [1.54, 1.807) is 0 Å². The molecule has 3 aliphatic rings. The average Bonchev–Trinajstić information content (AvgIpc) is 3.38. The Labute approximate surface area is 180 Å². The van der Waals surface area contributed by atoms with Crippen LogP contribution in [0.25, 0.3) is 0 Å². The van der Waals surface area contributed by atoms with Crippen LogP contribution in [0.15, 0.2) is 65.8 Å². The fourth-order valence-electron chi connectivity index (χ4n) is 4.34. The van der Waals surface area contributed by atoms with Gasteiger partial charge in [-0.2, -0.15) is 0 Å². The predicted molar refractivity (Wildman–Crippen MR) is 111 cm³/mol. The smallest absolute Gasteiger partial charge is 0.344 e. The van der Waals surface area contributed by atoms with Crippen LogP contribution in [0.3, 0.4) is 0 Å². The van der Waals surface area contributed by atoms with Crippen molar-refractivity contribution in [1.82, 2.24) is 0 Å². The van der Waals surface area contributed by atoms with Gasteiger partial charge in [0.25, 0.3) is 0 Å². The molecule has 5 rings (SSSR count). The zero-order chi connectivity index (χ0) is 21.4. The van der Waals surface area contributed by atoms with Crippen molar-refractivity contribution in [2.24, 2.45) is 11.1 Å². The molecule has 0 aliphatic carbocycles. The van der Waals surface area contributed by atoms with Gasteiger partial charge in [0.1, 0.15) is 23.8 Å². The van der Waals surface area contributed by atoms with Crippen LogP contribution in [0.5, 0.6) is 0 Å². The molecule has 0 saturated carbocycles. The second-order valence-corrected chi connectivity index (χ2v) is 8.45. The molecule has 7 heteroatoms. The van der Waals surface area contributed by atoms with Crippen molar-refractivity contribution in [3.05, 3.63) is 71.8 Å². The summed E-state index contributed by atoms with van der Waals surface area (Å²) in [5.41, 5.74) is 2.51. The van der Waals surface area contributed by atoms with Crippen LogP contribution >= 0.6 is 0 Å². The third-order valence-corrected chi connectivity index (χ3v) is 5.76. The van der Waals surface area contributed by atoms with Crippen molar-refractivity contribution in [3.8, 4) is 0 Å². The normalized spacial score (nSPS) is 31.4. The molecule has 5 atom stereocenters. The van der Waals surface area contributed by atoms with Crippen molar-refractivity contribution < 1.29 is 28.6 Å². The van der Waals surface area contributed by atoms with Gasteiger partial charge in [-0.25, -0.2) is 4.79 Å². The maximum atomic E-state index is 12.5. The quantitative estimate of drug-likeness (QED) is 0.663. The van der Waals surface area contributed by atoms with Gasteiger partial charge in [-0.1, -0.05) is 65.8 Å². The SMILES string of the molecule is CC1(C)O[C@H]2O[C@H](CC3C(=O)ON=C3c3ccccc3)[C@H](OCc3ccccc3)[C@H]2O1. The number of carbonyl (C=O) groups excluding carboxylic acids is 1. The third kappa shape index (κ3) is 4.14. The fourth-order valence-corrected chi connectivity index (χ4v) is 4.34. The Balaban J connectivity index is 1.35. The molecule has 0 N–H and O–H groups in total. The first-order valence-electron chi connectivity index (χ1n) is 10.5. The first-order chi connectivity index (χ1) is 15.0. The monoisotopic (exact) mass is 423 g/mol. The first kappa shape index (κ1) is 20.3. The summed E-state index contributed by atoms with van der Waals surface area (Å²) in [5, 5.41) is 4.03. The molecule has 3 aliphatic heterocycles. The topological polar surface area (TPSA) is 75.6 Å². The van der Waals surface area contributed by atoms with Crippen LogP contribution in [0, 0.1) is 5.92 Å². The Bertz CT molecular complexity index is 961. The number of carbonyl (C=O) groups is 1. The summed E-state index contributed by atoms with van der Waals surface area (Å²) < 4.78 is 24.5. The van der Waals surface area contributed by atoms with E-state index in [9.17, 15) is 4.79 Å². The van der Waals surface area contributed by atoms with Gasteiger partial charge >= 0.3 is 5.97 Å². The summed E-state index contributed by atoms with van der Waals surface area (Å²) in [6.07, 6.45) is -1.35. The predicted octanol–water partition coefficient (Wildman–Crippen LogP) is 3.42. The minimum absolute atomic E-state index is 0.367. The first-order valence-corrected chi connectivity index (χ1v) is 10.5. The second kappa shape index (κ2) is 8.16. The summed E-state index contributed by atoms with van der Waals surface area (Å²) in [5.74, 6) is -1.68. The number of hydrogen-bond acceptors (Lipinski definition) is 7. The largest absolute Gasteiger partial charge is 0.368 e. The third-order valence-electron chi connectivity index (χ3n) is 5.76. The second-order valence-electron chi connectivity index (χ2n) is 8.45. The minimum atomic E-state index is -0.752. The van der Waals surface area contributed by atoms with E-state index in [-0.39, 0.29) is 12.1 Å². The lowest BCUT2D eigenvalue weighted by atomic mass is 9.90. The number of nitrogens with zero attached hydrogens (tertiary/aromatic N) is 1. The number of rotatable bonds is 6. The molecule has 0 bridgehead atoms. The molecule has 1 unspecified atom stereocenters. The van der Waals surface area contributed by atoms with Crippen LogP contribution in [-0.4, -0.2) is 42.1 Å². The Hall–Kier alpha value is -2.58. The Morgan fingerprint density at radius 2 is 1.71 bits per heavy atom. The summed E-state index contributed by atoms with van der Waals surface area (Å²) in [6.45, 7) is 4.12. The van der Waals surface area contributed by atoms with Crippen molar-refractivity contribution in [1.29, 1.82) is 0 Å². The maximum Gasteiger partial charge on any atom is 0.344 e. The van der Waals surface area contributed by atoms with Gasteiger partial charge in [0.15, 0.2) is 12.1 Å². The Kier molecular flexibility index (Phi) is 5.35. The molecule has 31 heavy (non-hydrogen) atoms. The lowest BCUT2D eigenvalue weighted by molar-refractivity contribution is -0.220. The van der Waals surface area contributed by atoms with Crippen LogP contribution in [0.2, 0.25) is 0 Å². The van der Waals surface area contributed by atoms with Crippen LogP contribution in [0.4, 0.5) is 0 Å². The number of benzene rings is 2. The Morgan fingerprint density at radius 1 is 1.00 bits per heavy atom. The lowest BCUT2D eigenvalue weighted by Crippen LogP contribution is -2.39. The molecule has 2 aromatic rings. The molecular weight excluding hydrogens is 398 g/mol. The Morgan fingerprint density at radius 3 is 2.45 bits per heavy atom. The molecular formula is C24H25NO6. The molecule has 2 aromatic carbocycles. The number of fused-ring (bicyclic) bond motifs is 1.